The van der Waals surface area contributed by atoms with Gasteiger partial charge in [0.1, 0.15) is 0 Å². The highest BCUT2D eigenvalue weighted by atomic mass is 14.3. The summed E-state index contributed by atoms with van der Waals surface area (Å²) in [5, 5.41) is 0. The van der Waals surface area contributed by atoms with Crippen LogP contribution in [0, 0.1) is 17.8 Å². The van der Waals surface area contributed by atoms with Gasteiger partial charge in [-0.3, -0.25) is 0 Å². The van der Waals surface area contributed by atoms with E-state index in [4.69, 9.17) is 0 Å². The molecular formula is C13H24. The second-order valence-electron chi connectivity index (χ2n) is 5.52. The first-order valence-corrected chi connectivity index (χ1v) is 6.34. The van der Waals surface area contributed by atoms with Crippen LogP contribution < -0.4 is 0 Å². The van der Waals surface area contributed by atoms with Crippen LogP contribution in [0.4, 0.5) is 0 Å². The minimum Gasteiger partial charge on any atom is -0.0625 e. The van der Waals surface area contributed by atoms with Gasteiger partial charge in [0.25, 0.3) is 0 Å². The van der Waals surface area contributed by atoms with Gasteiger partial charge in [0, 0.05) is 0 Å². The lowest BCUT2D eigenvalue weighted by atomic mass is 9.80. The monoisotopic (exact) mass is 180 g/mol. The van der Waals surface area contributed by atoms with E-state index in [2.05, 4.69) is 6.92 Å². The van der Waals surface area contributed by atoms with Crippen LogP contribution >= 0.6 is 0 Å². The maximum atomic E-state index is 2.46. The third kappa shape index (κ3) is 2.72. The van der Waals surface area contributed by atoms with Crippen molar-refractivity contribution >= 4 is 0 Å². The molecule has 0 heteroatoms. The minimum atomic E-state index is 1.02. The Bertz CT molecular complexity index is 150. The molecule has 0 aromatic carbocycles. The van der Waals surface area contributed by atoms with Crippen LogP contribution in [0.25, 0.3) is 0 Å². The van der Waals surface area contributed by atoms with E-state index >= 15 is 0 Å². The minimum absolute atomic E-state index is 1.02. The fraction of sp³-hybridized carbons (Fsp3) is 1.00. The molecule has 13 heavy (non-hydrogen) atoms. The van der Waals surface area contributed by atoms with E-state index < -0.39 is 0 Å². The van der Waals surface area contributed by atoms with Crippen molar-refractivity contribution in [2.75, 3.05) is 0 Å². The van der Waals surface area contributed by atoms with E-state index in [0.29, 0.717) is 0 Å². The fourth-order valence-corrected chi connectivity index (χ4v) is 3.49. The van der Waals surface area contributed by atoms with Gasteiger partial charge in [0.15, 0.2) is 0 Å². The van der Waals surface area contributed by atoms with Crippen LogP contribution in [0.2, 0.25) is 0 Å². The summed E-state index contributed by atoms with van der Waals surface area (Å²) in [5.41, 5.74) is 0. The number of rotatable bonds is 0. The zero-order chi connectivity index (χ0) is 9.10. The molecule has 0 aliphatic heterocycles. The van der Waals surface area contributed by atoms with Crippen LogP contribution in [0.1, 0.15) is 64.7 Å². The first kappa shape index (κ1) is 9.55. The third-order valence-electron chi connectivity index (χ3n) is 4.19. The molecule has 0 aromatic rings. The summed E-state index contributed by atoms with van der Waals surface area (Å²) in [6, 6.07) is 0. The Morgan fingerprint density at radius 1 is 0.692 bits per heavy atom. The third-order valence-corrected chi connectivity index (χ3v) is 4.19. The van der Waals surface area contributed by atoms with Gasteiger partial charge in [0.2, 0.25) is 0 Å². The Balaban J connectivity index is 1.95. The Morgan fingerprint density at radius 3 is 2.23 bits per heavy atom. The maximum Gasteiger partial charge on any atom is -0.0409 e. The molecule has 0 amide bonds. The standard InChI is InChI=1S/C13H24/c1-11-5-4-8-12-6-2-3-7-13(9-11)10-12/h11-13H,2-10H2,1H3. The lowest BCUT2D eigenvalue weighted by Gasteiger charge is -2.26. The molecule has 76 valence electrons. The van der Waals surface area contributed by atoms with Gasteiger partial charge in [-0.1, -0.05) is 51.9 Å². The molecule has 0 nitrogen and oxygen atoms in total. The molecule has 3 atom stereocenters. The van der Waals surface area contributed by atoms with Gasteiger partial charge in [-0.05, 0) is 30.6 Å². The molecule has 2 fully saturated rings. The molecule has 3 unspecified atom stereocenters. The predicted molar refractivity (Wildman–Crippen MR) is 57.7 cm³/mol. The van der Waals surface area contributed by atoms with E-state index in [0.717, 1.165) is 17.8 Å². The SMILES string of the molecule is CC1CCCC2CCCCC(C1)C2. The average Bonchev–Trinajstić information content (AvgIpc) is 2.28. The molecule has 2 aliphatic rings. The molecule has 0 radical (unpaired) electrons. The molecule has 2 bridgehead atoms. The predicted octanol–water partition coefficient (Wildman–Crippen LogP) is 4.39. The molecule has 0 N–H and O–H groups in total. The van der Waals surface area contributed by atoms with Crippen molar-refractivity contribution < 1.29 is 0 Å². The number of hydrogen-bond acceptors (Lipinski definition) is 0. The average molecular weight is 180 g/mol. The van der Waals surface area contributed by atoms with Gasteiger partial charge in [0.05, 0.1) is 0 Å². The summed E-state index contributed by atoms with van der Waals surface area (Å²) < 4.78 is 0. The van der Waals surface area contributed by atoms with Gasteiger partial charge < -0.3 is 0 Å². The molecule has 2 aliphatic carbocycles. The smallest absolute Gasteiger partial charge is 0.0409 e. The highest BCUT2D eigenvalue weighted by molar-refractivity contribution is 4.76. The second kappa shape index (κ2) is 4.48. The van der Waals surface area contributed by atoms with E-state index in [1.54, 1.807) is 25.7 Å². The Morgan fingerprint density at radius 2 is 1.38 bits per heavy atom. The van der Waals surface area contributed by atoms with Crippen LogP contribution in [-0.4, -0.2) is 0 Å². The molecular weight excluding hydrogens is 156 g/mol. The lowest BCUT2D eigenvalue weighted by Crippen LogP contribution is -2.14. The summed E-state index contributed by atoms with van der Waals surface area (Å²) in [7, 11) is 0. The largest absolute Gasteiger partial charge is 0.0625 e. The Kier molecular flexibility index (Phi) is 3.29. The van der Waals surface area contributed by atoms with Crippen molar-refractivity contribution in [2.45, 2.75) is 64.7 Å². The van der Waals surface area contributed by atoms with Crippen molar-refractivity contribution in [3.63, 3.8) is 0 Å². The molecule has 0 heterocycles. The van der Waals surface area contributed by atoms with E-state index in [9.17, 15) is 0 Å². The molecule has 2 saturated carbocycles. The first-order valence-electron chi connectivity index (χ1n) is 6.34. The van der Waals surface area contributed by atoms with Crippen LogP contribution in [-0.2, 0) is 0 Å². The van der Waals surface area contributed by atoms with Gasteiger partial charge in [-0.15, -0.1) is 0 Å². The zero-order valence-corrected chi connectivity index (χ0v) is 9.10. The van der Waals surface area contributed by atoms with Gasteiger partial charge in [-0.25, -0.2) is 0 Å². The normalized spacial score (nSPS) is 41.8. The lowest BCUT2D eigenvalue weighted by molar-refractivity contribution is 0.257. The van der Waals surface area contributed by atoms with Crippen LogP contribution in [0.5, 0.6) is 0 Å². The Hall–Kier alpha value is 0. The fourth-order valence-electron chi connectivity index (χ4n) is 3.49. The summed E-state index contributed by atoms with van der Waals surface area (Å²) in [5.74, 6) is 3.23. The van der Waals surface area contributed by atoms with E-state index in [1.165, 1.54) is 32.1 Å². The topological polar surface area (TPSA) is 0 Å². The summed E-state index contributed by atoms with van der Waals surface area (Å²) in [6.45, 7) is 2.46. The highest BCUT2D eigenvalue weighted by Crippen LogP contribution is 2.37. The quantitative estimate of drug-likeness (QED) is 0.518. The van der Waals surface area contributed by atoms with E-state index in [-0.39, 0.29) is 0 Å². The molecule has 0 saturated heterocycles. The van der Waals surface area contributed by atoms with Crippen LogP contribution in [0.15, 0.2) is 0 Å². The molecule has 0 spiro atoms. The molecule has 0 aromatic heterocycles. The van der Waals surface area contributed by atoms with Crippen molar-refractivity contribution in [1.29, 1.82) is 0 Å². The van der Waals surface area contributed by atoms with Gasteiger partial charge >= 0.3 is 0 Å². The van der Waals surface area contributed by atoms with E-state index in [1.807, 2.05) is 0 Å². The molecule has 2 rings (SSSR count). The zero-order valence-electron chi connectivity index (χ0n) is 9.10. The van der Waals surface area contributed by atoms with Crippen molar-refractivity contribution in [3.05, 3.63) is 0 Å². The highest BCUT2D eigenvalue weighted by Gasteiger charge is 2.23. The summed E-state index contributed by atoms with van der Waals surface area (Å²) in [4.78, 5) is 0. The summed E-state index contributed by atoms with van der Waals surface area (Å²) >= 11 is 0. The number of fused-ring (bicyclic) bond motifs is 2. The van der Waals surface area contributed by atoms with Crippen molar-refractivity contribution in [1.82, 2.24) is 0 Å². The second-order valence-corrected chi connectivity index (χ2v) is 5.52. The first-order chi connectivity index (χ1) is 6.34. The number of hydrogen-bond donors (Lipinski definition) is 0. The van der Waals surface area contributed by atoms with Crippen LogP contribution in [0.3, 0.4) is 0 Å². The Labute approximate surface area is 83.1 Å². The van der Waals surface area contributed by atoms with Gasteiger partial charge in [-0.2, -0.15) is 0 Å². The maximum absolute atomic E-state index is 2.46. The van der Waals surface area contributed by atoms with Crippen molar-refractivity contribution in [3.8, 4) is 0 Å². The van der Waals surface area contributed by atoms with Crippen molar-refractivity contribution in [2.24, 2.45) is 17.8 Å². The summed E-state index contributed by atoms with van der Waals surface area (Å²) in [6.07, 6.45) is 13.8.